The average molecular weight is 422 g/mol. The first-order chi connectivity index (χ1) is 13.9. The summed E-state index contributed by atoms with van der Waals surface area (Å²) >= 11 is 0. The predicted octanol–water partition coefficient (Wildman–Crippen LogP) is 0.810. The molecule has 3 saturated heterocycles. The molecule has 9 heteroatoms. The van der Waals surface area contributed by atoms with E-state index in [0.29, 0.717) is 31.6 Å². The van der Waals surface area contributed by atoms with Crippen LogP contribution < -0.4 is 5.32 Å². The SMILES string of the molecule is Cn1cnc(S(=O)(=O)N2C[C@H]3C[C@@H](C2)[C@H](CNC(=O)C2CC2)N2CCCC[C@@H]32)c1. The summed E-state index contributed by atoms with van der Waals surface area (Å²) in [6.07, 6.45) is 9.71. The van der Waals surface area contributed by atoms with Gasteiger partial charge in [0, 0.05) is 50.9 Å². The van der Waals surface area contributed by atoms with Gasteiger partial charge in [0.2, 0.25) is 5.91 Å². The predicted molar refractivity (Wildman–Crippen MR) is 107 cm³/mol. The molecule has 1 saturated carbocycles. The van der Waals surface area contributed by atoms with Gasteiger partial charge in [-0.1, -0.05) is 6.42 Å². The molecule has 1 aromatic rings. The highest BCUT2D eigenvalue weighted by molar-refractivity contribution is 7.89. The van der Waals surface area contributed by atoms with Gasteiger partial charge in [-0.15, -0.1) is 0 Å². The first-order valence-electron chi connectivity index (χ1n) is 10.9. The van der Waals surface area contributed by atoms with Crippen LogP contribution in [0.1, 0.15) is 38.5 Å². The maximum Gasteiger partial charge on any atom is 0.262 e. The van der Waals surface area contributed by atoms with Crippen molar-refractivity contribution in [3.05, 3.63) is 12.5 Å². The Bertz CT molecular complexity index is 880. The molecular weight excluding hydrogens is 390 g/mol. The zero-order valence-corrected chi connectivity index (χ0v) is 17.9. The van der Waals surface area contributed by atoms with E-state index in [-0.39, 0.29) is 28.8 Å². The lowest BCUT2D eigenvalue weighted by Crippen LogP contribution is -2.66. The number of aromatic nitrogens is 2. The van der Waals surface area contributed by atoms with Crippen molar-refractivity contribution < 1.29 is 13.2 Å². The molecule has 4 aliphatic rings. The molecule has 3 aliphatic heterocycles. The summed E-state index contributed by atoms with van der Waals surface area (Å²) in [5.41, 5.74) is 0. The maximum atomic E-state index is 13.2. The van der Waals surface area contributed by atoms with E-state index in [1.54, 1.807) is 22.1 Å². The summed E-state index contributed by atoms with van der Waals surface area (Å²) in [6.45, 7) is 2.80. The van der Waals surface area contributed by atoms with Crippen molar-refractivity contribution >= 4 is 15.9 Å². The van der Waals surface area contributed by atoms with Crippen molar-refractivity contribution in [1.82, 2.24) is 24.1 Å². The maximum absolute atomic E-state index is 13.2. The number of rotatable bonds is 5. The smallest absolute Gasteiger partial charge is 0.262 e. The number of fused-ring (bicyclic) bond motifs is 4. The van der Waals surface area contributed by atoms with E-state index in [1.807, 2.05) is 0 Å². The van der Waals surface area contributed by atoms with E-state index < -0.39 is 10.0 Å². The van der Waals surface area contributed by atoms with Gasteiger partial charge in [-0.25, -0.2) is 13.4 Å². The van der Waals surface area contributed by atoms with Gasteiger partial charge in [-0.3, -0.25) is 9.69 Å². The van der Waals surface area contributed by atoms with Gasteiger partial charge >= 0.3 is 0 Å². The lowest BCUT2D eigenvalue weighted by Gasteiger charge is -2.56. The molecule has 4 fully saturated rings. The highest BCUT2D eigenvalue weighted by Gasteiger charge is 2.49. The van der Waals surface area contributed by atoms with Crippen LogP contribution in [0.3, 0.4) is 0 Å². The molecule has 0 spiro atoms. The summed E-state index contributed by atoms with van der Waals surface area (Å²) < 4.78 is 29.8. The van der Waals surface area contributed by atoms with Crippen LogP contribution in [-0.2, 0) is 21.9 Å². The van der Waals surface area contributed by atoms with E-state index >= 15 is 0 Å². The van der Waals surface area contributed by atoms with Gasteiger partial charge in [0.1, 0.15) is 0 Å². The Kier molecular flexibility index (Phi) is 4.95. The van der Waals surface area contributed by atoms with Crippen LogP contribution in [0.4, 0.5) is 0 Å². The quantitative estimate of drug-likeness (QED) is 0.760. The molecule has 2 bridgehead atoms. The molecular formula is C20H31N5O3S. The van der Waals surface area contributed by atoms with E-state index in [9.17, 15) is 13.2 Å². The Morgan fingerprint density at radius 1 is 1.21 bits per heavy atom. The summed E-state index contributed by atoms with van der Waals surface area (Å²) in [6, 6.07) is 0.644. The molecule has 1 amide bonds. The zero-order valence-electron chi connectivity index (χ0n) is 17.0. The molecule has 0 radical (unpaired) electrons. The monoisotopic (exact) mass is 421 g/mol. The zero-order chi connectivity index (χ0) is 20.2. The minimum atomic E-state index is -3.58. The molecule has 4 heterocycles. The number of nitrogens with one attached hydrogen (secondary N) is 1. The standard InChI is InChI=1S/C20H31N5O3S/c1-23-12-19(22-13-23)29(27,28)24-10-15-8-16(11-24)18(9-21-20(26)14-5-6-14)25-7-3-2-4-17(15)25/h12-18H,2-11H2,1H3,(H,21,26)/t15-,16+,17+,18+/m1/s1. The molecule has 160 valence electrons. The number of imidazole rings is 1. The minimum Gasteiger partial charge on any atom is -0.354 e. The summed E-state index contributed by atoms with van der Waals surface area (Å²) in [4.78, 5) is 19.0. The van der Waals surface area contributed by atoms with Crippen LogP contribution in [0.5, 0.6) is 0 Å². The number of aryl methyl sites for hydroxylation is 1. The second-order valence-electron chi connectivity index (χ2n) is 9.34. The Morgan fingerprint density at radius 3 is 2.72 bits per heavy atom. The van der Waals surface area contributed by atoms with Crippen LogP contribution in [0, 0.1) is 17.8 Å². The van der Waals surface area contributed by atoms with Crippen molar-refractivity contribution in [2.45, 2.75) is 55.6 Å². The van der Waals surface area contributed by atoms with Crippen LogP contribution in [0.15, 0.2) is 17.6 Å². The number of carbonyl (C=O) groups excluding carboxylic acids is 1. The van der Waals surface area contributed by atoms with Crippen LogP contribution in [0.25, 0.3) is 0 Å². The van der Waals surface area contributed by atoms with E-state index in [4.69, 9.17) is 0 Å². The summed E-state index contributed by atoms with van der Waals surface area (Å²) in [5.74, 6) is 0.995. The Labute approximate surface area is 172 Å². The van der Waals surface area contributed by atoms with Crippen molar-refractivity contribution in [3.63, 3.8) is 0 Å². The normalized spacial score (nSPS) is 33.3. The van der Waals surface area contributed by atoms with Gasteiger partial charge in [-0.05, 0) is 50.5 Å². The molecule has 1 N–H and O–H groups in total. The Morgan fingerprint density at radius 2 is 2.00 bits per heavy atom. The summed E-state index contributed by atoms with van der Waals surface area (Å²) in [5, 5.41) is 3.31. The van der Waals surface area contributed by atoms with Gasteiger partial charge in [0.05, 0.1) is 6.33 Å². The van der Waals surface area contributed by atoms with Crippen LogP contribution in [0.2, 0.25) is 0 Å². The fraction of sp³-hybridized carbons (Fsp3) is 0.800. The fourth-order valence-electron chi connectivity index (χ4n) is 5.69. The van der Waals surface area contributed by atoms with Gasteiger partial charge < -0.3 is 9.88 Å². The number of carbonyl (C=O) groups is 1. The third kappa shape index (κ3) is 3.61. The Hall–Kier alpha value is -1.45. The van der Waals surface area contributed by atoms with E-state index in [0.717, 1.165) is 32.2 Å². The first-order valence-corrected chi connectivity index (χ1v) is 12.4. The number of hydrogen-bond acceptors (Lipinski definition) is 5. The molecule has 1 aromatic heterocycles. The van der Waals surface area contributed by atoms with Crippen LogP contribution >= 0.6 is 0 Å². The first kappa shape index (κ1) is 19.5. The number of piperidine rings is 3. The second kappa shape index (κ2) is 7.35. The highest BCUT2D eigenvalue weighted by atomic mass is 32.2. The molecule has 5 rings (SSSR count). The van der Waals surface area contributed by atoms with Gasteiger partial charge in [0.15, 0.2) is 5.03 Å². The second-order valence-corrected chi connectivity index (χ2v) is 11.2. The number of sulfonamides is 1. The Balaban J connectivity index is 1.38. The van der Waals surface area contributed by atoms with Gasteiger partial charge in [-0.2, -0.15) is 4.31 Å². The number of nitrogens with zero attached hydrogens (tertiary/aromatic N) is 4. The number of amides is 1. The third-order valence-corrected chi connectivity index (χ3v) is 9.02. The van der Waals surface area contributed by atoms with Crippen molar-refractivity contribution in [3.8, 4) is 0 Å². The topological polar surface area (TPSA) is 87.5 Å². The average Bonchev–Trinajstić information content (AvgIpc) is 3.48. The van der Waals surface area contributed by atoms with Crippen molar-refractivity contribution in [1.29, 1.82) is 0 Å². The minimum absolute atomic E-state index is 0.138. The van der Waals surface area contributed by atoms with Crippen molar-refractivity contribution in [2.24, 2.45) is 24.8 Å². The molecule has 29 heavy (non-hydrogen) atoms. The molecule has 0 aromatic carbocycles. The fourth-order valence-corrected chi connectivity index (χ4v) is 7.21. The molecule has 8 nitrogen and oxygen atoms in total. The highest BCUT2D eigenvalue weighted by Crippen LogP contribution is 2.42. The van der Waals surface area contributed by atoms with E-state index in [1.165, 1.54) is 19.2 Å². The third-order valence-electron chi connectivity index (χ3n) is 7.31. The van der Waals surface area contributed by atoms with Crippen LogP contribution in [-0.4, -0.2) is 71.3 Å². The lowest BCUT2D eigenvalue weighted by atomic mass is 9.73. The van der Waals surface area contributed by atoms with Gasteiger partial charge in [0.25, 0.3) is 10.0 Å². The molecule has 0 unspecified atom stereocenters. The largest absolute Gasteiger partial charge is 0.354 e. The van der Waals surface area contributed by atoms with E-state index in [2.05, 4.69) is 15.2 Å². The lowest BCUT2D eigenvalue weighted by molar-refractivity contribution is -0.123. The molecule has 4 atom stereocenters. The molecule has 1 aliphatic carbocycles. The number of hydrogen-bond donors (Lipinski definition) is 1. The summed E-state index contributed by atoms with van der Waals surface area (Å²) in [7, 11) is -1.80. The van der Waals surface area contributed by atoms with Crippen molar-refractivity contribution in [2.75, 3.05) is 26.2 Å².